The first-order valence-corrected chi connectivity index (χ1v) is 6.71. The highest BCUT2D eigenvalue weighted by atomic mass is 32.1. The molecule has 4 nitrogen and oxygen atoms in total. The lowest BCUT2D eigenvalue weighted by atomic mass is 10.3. The average Bonchev–Trinajstić information content (AvgIpc) is 2.67. The van der Waals surface area contributed by atoms with Gasteiger partial charge in [0, 0.05) is 13.1 Å². The van der Waals surface area contributed by atoms with Crippen LogP contribution in [0.3, 0.4) is 0 Å². The van der Waals surface area contributed by atoms with Crippen molar-refractivity contribution in [3.05, 3.63) is 40.8 Å². The van der Waals surface area contributed by atoms with Crippen LogP contribution in [0.4, 0.5) is 5.69 Å². The molecular weight excluding hydrogens is 258 g/mol. The Morgan fingerprint density at radius 2 is 1.79 bits per heavy atom. The smallest absolute Gasteiger partial charge is 0.219 e. The molecule has 0 unspecified atom stereocenters. The molecule has 0 amide bonds. The minimum Gasteiger partial charge on any atom is -0.493 e. The van der Waals surface area contributed by atoms with Gasteiger partial charge in [-0.3, -0.25) is 9.56 Å². The average molecular weight is 275 g/mol. The van der Waals surface area contributed by atoms with Crippen LogP contribution >= 0.6 is 12.2 Å². The summed E-state index contributed by atoms with van der Waals surface area (Å²) >= 11 is 5.33. The number of hydrogen-bond acceptors (Lipinski definition) is 3. The van der Waals surface area contributed by atoms with E-state index in [1.54, 1.807) is 10.8 Å². The highest BCUT2D eigenvalue weighted by molar-refractivity contribution is 7.71. The third-order valence-corrected chi connectivity index (χ3v) is 3.40. The van der Waals surface area contributed by atoms with Crippen molar-refractivity contribution in [2.24, 2.45) is 4.99 Å². The minimum absolute atomic E-state index is 0.175. The van der Waals surface area contributed by atoms with Crippen molar-refractivity contribution in [3.8, 4) is 5.88 Å². The molecule has 0 radical (unpaired) electrons. The van der Waals surface area contributed by atoms with E-state index in [1.807, 2.05) is 48.7 Å². The Bertz CT molecular complexity index is 641. The fraction of sp³-hybridized carbons (Fsp3) is 0.286. The van der Waals surface area contributed by atoms with E-state index >= 15 is 0 Å². The first-order chi connectivity index (χ1) is 9.19. The van der Waals surface area contributed by atoms with Crippen LogP contribution in [0.25, 0.3) is 0 Å². The van der Waals surface area contributed by atoms with Crippen molar-refractivity contribution in [1.29, 1.82) is 0 Å². The number of rotatable bonds is 4. The normalized spacial score (nSPS) is 11.3. The summed E-state index contributed by atoms with van der Waals surface area (Å²) in [4.78, 5) is 4.37. The zero-order valence-corrected chi connectivity index (χ0v) is 11.9. The molecule has 1 heterocycles. The van der Waals surface area contributed by atoms with E-state index in [0.717, 1.165) is 5.69 Å². The predicted octanol–water partition coefficient (Wildman–Crippen LogP) is 3.52. The van der Waals surface area contributed by atoms with Crippen LogP contribution in [0.1, 0.15) is 19.5 Å². The molecule has 19 heavy (non-hydrogen) atoms. The highest BCUT2D eigenvalue weighted by Gasteiger charge is 2.13. The lowest BCUT2D eigenvalue weighted by molar-refractivity contribution is 0.419. The van der Waals surface area contributed by atoms with E-state index in [9.17, 15) is 5.11 Å². The van der Waals surface area contributed by atoms with Crippen molar-refractivity contribution in [1.82, 2.24) is 9.13 Å². The van der Waals surface area contributed by atoms with Crippen molar-refractivity contribution in [2.45, 2.75) is 26.9 Å². The van der Waals surface area contributed by atoms with Gasteiger partial charge in [0.1, 0.15) is 5.69 Å². The summed E-state index contributed by atoms with van der Waals surface area (Å²) in [5, 5.41) is 10.2. The highest BCUT2D eigenvalue weighted by Crippen LogP contribution is 2.20. The molecule has 1 aromatic heterocycles. The van der Waals surface area contributed by atoms with Gasteiger partial charge in [-0.2, -0.15) is 0 Å². The zero-order chi connectivity index (χ0) is 13.8. The Hall–Kier alpha value is -1.88. The summed E-state index contributed by atoms with van der Waals surface area (Å²) in [7, 11) is 0. The van der Waals surface area contributed by atoms with Crippen LogP contribution in [-0.4, -0.2) is 20.5 Å². The number of aliphatic imine (C=N–C) groups is 1. The van der Waals surface area contributed by atoms with Crippen LogP contribution < -0.4 is 0 Å². The zero-order valence-electron chi connectivity index (χ0n) is 11.1. The Balaban J connectivity index is 2.46. The van der Waals surface area contributed by atoms with E-state index in [4.69, 9.17) is 12.2 Å². The van der Waals surface area contributed by atoms with Crippen molar-refractivity contribution >= 4 is 24.1 Å². The molecule has 5 heteroatoms. The summed E-state index contributed by atoms with van der Waals surface area (Å²) in [6.45, 7) is 5.29. The van der Waals surface area contributed by atoms with E-state index < -0.39 is 0 Å². The summed E-state index contributed by atoms with van der Waals surface area (Å²) < 4.78 is 4.20. The molecule has 2 rings (SSSR count). The first-order valence-electron chi connectivity index (χ1n) is 6.30. The fourth-order valence-corrected chi connectivity index (χ4v) is 2.41. The molecule has 0 aliphatic rings. The lowest BCUT2D eigenvalue weighted by Crippen LogP contribution is -2.00. The molecule has 1 N–H and O–H groups in total. The molecule has 0 aliphatic heterocycles. The largest absolute Gasteiger partial charge is 0.493 e. The number of para-hydroxylation sites is 1. The van der Waals surface area contributed by atoms with Crippen molar-refractivity contribution < 1.29 is 5.11 Å². The molecule has 0 spiro atoms. The molecule has 0 saturated heterocycles. The Morgan fingerprint density at radius 3 is 2.37 bits per heavy atom. The maximum absolute atomic E-state index is 10.2. The molecule has 0 saturated carbocycles. The molecule has 1 aromatic carbocycles. The van der Waals surface area contributed by atoms with E-state index in [2.05, 4.69) is 4.99 Å². The third-order valence-electron chi connectivity index (χ3n) is 2.96. The standard InChI is InChI=1S/C14H17N3OS/c1-3-16-12(13(18)17(4-2)14(16)19)10-15-11-8-6-5-7-9-11/h5-10,18H,3-4H2,1-2H3. The molecular formula is C14H17N3OS. The van der Waals surface area contributed by atoms with Crippen LogP contribution in [0.15, 0.2) is 35.3 Å². The Labute approximate surface area is 117 Å². The van der Waals surface area contributed by atoms with Gasteiger partial charge in [0.25, 0.3) is 0 Å². The van der Waals surface area contributed by atoms with Gasteiger partial charge in [-0.25, -0.2) is 0 Å². The second kappa shape index (κ2) is 5.84. The molecule has 100 valence electrons. The molecule has 2 aromatic rings. The number of aromatic nitrogens is 2. The van der Waals surface area contributed by atoms with Gasteiger partial charge in [-0.05, 0) is 38.2 Å². The summed E-state index contributed by atoms with van der Waals surface area (Å²) in [5.41, 5.74) is 1.50. The monoisotopic (exact) mass is 275 g/mol. The van der Waals surface area contributed by atoms with Gasteiger partial charge in [-0.1, -0.05) is 18.2 Å². The van der Waals surface area contributed by atoms with Crippen LogP contribution in [0.5, 0.6) is 5.88 Å². The quantitative estimate of drug-likeness (QED) is 0.685. The number of hydrogen-bond donors (Lipinski definition) is 1. The van der Waals surface area contributed by atoms with Crippen LogP contribution in [0.2, 0.25) is 0 Å². The maximum Gasteiger partial charge on any atom is 0.219 e. The fourth-order valence-electron chi connectivity index (χ4n) is 1.97. The second-order valence-corrected chi connectivity index (χ2v) is 4.44. The van der Waals surface area contributed by atoms with Crippen LogP contribution in [-0.2, 0) is 13.1 Å². The number of aromatic hydroxyl groups is 1. The lowest BCUT2D eigenvalue weighted by Gasteiger charge is -1.99. The van der Waals surface area contributed by atoms with E-state index in [1.165, 1.54) is 0 Å². The predicted molar refractivity (Wildman–Crippen MR) is 80.0 cm³/mol. The number of nitrogens with zero attached hydrogens (tertiary/aromatic N) is 3. The topological polar surface area (TPSA) is 42.4 Å². The van der Waals surface area contributed by atoms with Gasteiger partial charge in [0.15, 0.2) is 4.77 Å². The second-order valence-electron chi connectivity index (χ2n) is 4.07. The van der Waals surface area contributed by atoms with Crippen molar-refractivity contribution in [3.63, 3.8) is 0 Å². The van der Waals surface area contributed by atoms with Crippen LogP contribution in [0, 0.1) is 4.77 Å². The molecule has 0 aliphatic carbocycles. The number of imidazole rings is 1. The molecule has 0 bridgehead atoms. The maximum atomic E-state index is 10.2. The third kappa shape index (κ3) is 2.61. The Kier molecular flexibility index (Phi) is 4.16. The van der Waals surface area contributed by atoms with E-state index in [0.29, 0.717) is 23.6 Å². The SMILES string of the molecule is CCn1c(O)c(C=Nc2ccccc2)n(CC)c1=S. The summed E-state index contributed by atoms with van der Waals surface area (Å²) in [6.07, 6.45) is 1.66. The Morgan fingerprint density at radius 1 is 1.16 bits per heavy atom. The van der Waals surface area contributed by atoms with Gasteiger partial charge < -0.3 is 9.67 Å². The van der Waals surface area contributed by atoms with Gasteiger partial charge in [0.2, 0.25) is 5.88 Å². The first kappa shape index (κ1) is 13.5. The summed E-state index contributed by atoms with van der Waals surface area (Å²) in [6, 6.07) is 9.62. The summed E-state index contributed by atoms with van der Waals surface area (Å²) in [5.74, 6) is 0.175. The molecule has 0 atom stereocenters. The molecule has 0 fully saturated rings. The van der Waals surface area contributed by atoms with Crippen molar-refractivity contribution in [2.75, 3.05) is 0 Å². The van der Waals surface area contributed by atoms with Gasteiger partial charge in [-0.15, -0.1) is 0 Å². The number of benzene rings is 1. The van der Waals surface area contributed by atoms with Gasteiger partial charge >= 0.3 is 0 Å². The van der Waals surface area contributed by atoms with E-state index in [-0.39, 0.29) is 5.88 Å². The van der Waals surface area contributed by atoms with Gasteiger partial charge in [0.05, 0.1) is 11.9 Å². The minimum atomic E-state index is 0.175.